The number of hydrogen-bond acceptors (Lipinski definition) is 5. The summed E-state index contributed by atoms with van der Waals surface area (Å²) in [6.07, 6.45) is 5.12. The molecule has 3 aromatic rings. The van der Waals surface area contributed by atoms with Crippen molar-refractivity contribution in [3.63, 3.8) is 0 Å². The van der Waals surface area contributed by atoms with Crippen molar-refractivity contribution in [2.75, 3.05) is 23.4 Å². The molecule has 0 aliphatic heterocycles. The summed E-state index contributed by atoms with van der Waals surface area (Å²) in [6.45, 7) is 1.70. The monoisotopic (exact) mass is 468 g/mol. The van der Waals surface area contributed by atoms with Gasteiger partial charge >= 0.3 is 0 Å². The Morgan fingerprint density at radius 3 is 2.25 bits per heavy atom. The minimum atomic E-state index is -3.85. The van der Waals surface area contributed by atoms with E-state index in [2.05, 4.69) is 10.0 Å². The Morgan fingerprint density at radius 1 is 0.969 bits per heavy atom. The molecule has 2 N–H and O–H groups in total. The van der Waals surface area contributed by atoms with E-state index in [4.69, 9.17) is 4.74 Å². The molecule has 32 heavy (non-hydrogen) atoms. The number of nitrogens with one attached hydrogen (secondary N) is 2. The number of carbonyl (C=O) groups excluding carboxylic acids is 1. The van der Waals surface area contributed by atoms with Crippen LogP contribution in [0, 0.1) is 6.92 Å². The summed E-state index contributed by atoms with van der Waals surface area (Å²) in [4.78, 5) is 13.6. The molecule has 3 aromatic carbocycles. The minimum Gasteiger partial charge on any atom is -0.497 e. The molecule has 3 rings (SSSR count). The van der Waals surface area contributed by atoms with Crippen LogP contribution in [0.4, 0.5) is 11.4 Å². The smallest absolute Gasteiger partial charge is 0.262 e. The molecule has 0 saturated heterocycles. The van der Waals surface area contributed by atoms with Gasteiger partial charge in [0.2, 0.25) is 5.91 Å². The first-order chi connectivity index (χ1) is 15.3. The van der Waals surface area contributed by atoms with Crippen molar-refractivity contribution < 1.29 is 17.9 Å². The first kappa shape index (κ1) is 23.4. The molecule has 6 nitrogen and oxygen atoms in total. The SMILES string of the molecule is COc1ccc(NS(=O)(=O)c2cc(NC(=O)C=Cc3ccc(SC)cc3)ccc2C)cc1. The van der Waals surface area contributed by atoms with Gasteiger partial charge in [-0.1, -0.05) is 18.2 Å². The molecule has 0 fully saturated rings. The van der Waals surface area contributed by atoms with Gasteiger partial charge in [0.1, 0.15) is 5.75 Å². The van der Waals surface area contributed by atoms with E-state index in [-0.39, 0.29) is 10.8 Å². The maximum atomic E-state index is 12.9. The summed E-state index contributed by atoms with van der Waals surface area (Å²) >= 11 is 1.65. The van der Waals surface area contributed by atoms with Gasteiger partial charge in [-0.15, -0.1) is 11.8 Å². The van der Waals surface area contributed by atoms with Crippen molar-refractivity contribution in [1.82, 2.24) is 0 Å². The molecule has 0 radical (unpaired) electrons. The zero-order valence-electron chi connectivity index (χ0n) is 18.0. The molecular formula is C24H24N2O4S2. The third-order valence-corrected chi connectivity index (χ3v) is 6.90. The van der Waals surface area contributed by atoms with Crippen LogP contribution in [0.15, 0.2) is 82.6 Å². The second-order valence-electron chi connectivity index (χ2n) is 6.91. The number of ether oxygens (including phenoxy) is 1. The fraction of sp³-hybridized carbons (Fsp3) is 0.125. The number of benzene rings is 3. The lowest BCUT2D eigenvalue weighted by Gasteiger charge is -2.12. The Balaban J connectivity index is 1.73. The summed E-state index contributed by atoms with van der Waals surface area (Å²) < 4.78 is 33.5. The molecular weight excluding hydrogens is 444 g/mol. The van der Waals surface area contributed by atoms with Crippen molar-refractivity contribution in [2.24, 2.45) is 0 Å². The maximum Gasteiger partial charge on any atom is 0.262 e. The average molecular weight is 469 g/mol. The Labute approximate surface area is 192 Å². The number of carbonyl (C=O) groups is 1. The maximum absolute atomic E-state index is 12.9. The Hall–Kier alpha value is -3.23. The van der Waals surface area contributed by atoms with Crippen LogP contribution in [0.5, 0.6) is 5.75 Å². The Morgan fingerprint density at radius 2 is 1.62 bits per heavy atom. The van der Waals surface area contributed by atoms with Crippen LogP contribution < -0.4 is 14.8 Å². The summed E-state index contributed by atoms with van der Waals surface area (Å²) in [5.41, 5.74) is 2.26. The molecule has 1 amide bonds. The molecule has 0 aliphatic carbocycles. The fourth-order valence-corrected chi connectivity index (χ4v) is 4.65. The quantitative estimate of drug-likeness (QED) is 0.352. The van der Waals surface area contributed by atoms with Gasteiger partial charge in [-0.3, -0.25) is 9.52 Å². The highest BCUT2D eigenvalue weighted by Crippen LogP contribution is 2.24. The van der Waals surface area contributed by atoms with Gasteiger partial charge in [-0.05, 0) is 78.9 Å². The van der Waals surface area contributed by atoms with Crippen LogP contribution in [0.2, 0.25) is 0 Å². The lowest BCUT2D eigenvalue weighted by atomic mass is 10.2. The van der Waals surface area contributed by atoms with E-state index in [1.807, 2.05) is 30.5 Å². The number of sulfonamides is 1. The fourth-order valence-electron chi connectivity index (χ4n) is 2.91. The molecule has 166 valence electrons. The van der Waals surface area contributed by atoms with E-state index >= 15 is 0 Å². The first-order valence-corrected chi connectivity index (χ1v) is 12.4. The van der Waals surface area contributed by atoms with Crippen LogP contribution in [0.25, 0.3) is 6.08 Å². The van der Waals surface area contributed by atoms with Gasteiger partial charge < -0.3 is 10.1 Å². The van der Waals surface area contributed by atoms with Gasteiger partial charge in [0, 0.05) is 22.3 Å². The van der Waals surface area contributed by atoms with E-state index in [1.54, 1.807) is 68.3 Å². The standard InChI is InChI=1S/C24H24N2O4S2/c1-17-4-8-20(25-24(27)15-7-18-5-13-22(31-3)14-6-18)16-23(17)32(28,29)26-19-9-11-21(30-2)12-10-19/h4-16,26H,1-3H3,(H,25,27). The Bertz CT molecular complexity index is 1220. The number of rotatable bonds is 8. The number of amides is 1. The second kappa shape index (κ2) is 10.4. The highest BCUT2D eigenvalue weighted by molar-refractivity contribution is 7.98. The van der Waals surface area contributed by atoms with Crippen molar-refractivity contribution in [3.8, 4) is 5.75 Å². The van der Waals surface area contributed by atoms with Gasteiger partial charge in [0.25, 0.3) is 10.0 Å². The van der Waals surface area contributed by atoms with Crippen LogP contribution in [-0.4, -0.2) is 27.7 Å². The number of thioether (sulfide) groups is 1. The summed E-state index contributed by atoms with van der Waals surface area (Å²) in [5.74, 6) is 0.274. The normalized spacial score (nSPS) is 11.3. The summed E-state index contributed by atoms with van der Waals surface area (Å²) in [5, 5.41) is 2.71. The predicted molar refractivity (Wildman–Crippen MR) is 131 cm³/mol. The molecule has 0 aliphatic rings. The highest BCUT2D eigenvalue weighted by Gasteiger charge is 2.18. The van der Waals surface area contributed by atoms with E-state index in [1.165, 1.54) is 12.1 Å². The zero-order valence-corrected chi connectivity index (χ0v) is 19.6. The number of methoxy groups -OCH3 is 1. The molecule has 0 heterocycles. The van der Waals surface area contributed by atoms with Crippen LogP contribution >= 0.6 is 11.8 Å². The van der Waals surface area contributed by atoms with Crippen LogP contribution in [-0.2, 0) is 14.8 Å². The number of hydrogen-bond donors (Lipinski definition) is 2. The molecule has 0 atom stereocenters. The average Bonchev–Trinajstić information content (AvgIpc) is 2.79. The van der Waals surface area contributed by atoms with Crippen molar-refractivity contribution >= 4 is 45.1 Å². The third kappa shape index (κ3) is 6.15. The molecule has 0 unspecified atom stereocenters. The van der Waals surface area contributed by atoms with E-state index in [0.717, 1.165) is 10.5 Å². The van der Waals surface area contributed by atoms with Crippen molar-refractivity contribution in [1.29, 1.82) is 0 Å². The number of anilines is 2. The van der Waals surface area contributed by atoms with Gasteiger partial charge in [-0.2, -0.15) is 0 Å². The molecule has 8 heteroatoms. The minimum absolute atomic E-state index is 0.0859. The molecule has 0 bridgehead atoms. The van der Waals surface area contributed by atoms with E-state index < -0.39 is 10.0 Å². The predicted octanol–water partition coefficient (Wildman–Crippen LogP) is 5.18. The largest absolute Gasteiger partial charge is 0.497 e. The Kier molecular flexibility index (Phi) is 7.61. The lowest BCUT2D eigenvalue weighted by Crippen LogP contribution is -2.15. The second-order valence-corrected chi connectivity index (χ2v) is 9.44. The molecule has 0 aromatic heterocycles. The summed E-state index contributed by atoms with van der Waals surface area (Å²) in [6, 6.07) is 19.2. The molecule has 0 saturated carbocycles. The molecule has 0 spiro atoms. The van der Waals surface area contributed by atoms with Gasteiger partial charge in [-0.25, -0.2) is 8.42 Å². The zero-order chi connectivity index (χ0) is 23.1. The van der Waals surface area contributed by atoms with Gasteiger partial charge in [0.15, 0.2) is 0 Å². The lowest BCUT2D eigenvalue weighted by molar-refractivity contribution is -0.111. The first-order valence-electron chi connectivity index (χ1n) is 9.71. The van der Waals surface area contributed by atoms with E-state index in [0.29, 0.717) is 22.7 Å². The van der Waals surface area contributed by atoms with E-state index in [9.17, 15) is 13.2 Å². The van der Waals surface area contributed by atoms with Gasteiger partial charge in [0.05, 0.1) is 12.0 Å². The van der Waals surface area contributed by atoms with Crippen LogP contribution in [0.3, 0.4) is 0 Å². The van der Waals surface area contributed by atoms with Crippen LogP contribution in [0.1, 0.15) is 11.1 Å². The van der Waals surface area contributed by atoms with Crippen molar-refractivity contribution in [3.05, 3.63) is 83.9 Å². The summed E-state index contributed by atoms with van der Waals surface area (Å²) in [7, 11) is -2.31. The highest BCUT2D eigenvalue weighted by atomic mass is 32.2. The third-order valence-electron chi connectivity index (χ3n) is 4.63. The topological polar surface area (TPSA) is 84.5 Å². The van der Waals surface area contributed by atoms with Crippen molar-refractivity contribution in [2.45, 2.75) is 16.7 Å². The number of aryl methyl sites for hydroxylation is 1.